The average Bonchev–Trinajstić information content (AvgIpc) is 2.67. The number of rotatable bonds is 8. The molecule has 0 saturated heterocycles. The molecular formula is C19H20FN3O4S. The van der Waals surface area contributed by atoms with Gasteiger partial charge in [0.05, 0.1) is 4.92 Å². The number of halogens is 1. The summed E-state index contributed by atoms with van der Waals surface area (Å²) in [4.78, 5) is 35.4. The topological polar surface area (TPSA) is 101 Å². The lowest BCUT2D eigenvalue weighted by atomic mass is 10.1. The summed E-state index contributed by atoms with van der Waals surface area (Å²) in [7, 11) is 0. The first-order chi connectivity index (χ1) is 13.3. The minimum Gasteiger partial charge on any atom is -0.340 e. The molecule has 28 heavy (non-hydrogen) atoms. The second-order valence-electron chi connectivity index (χ2n) is 6.06. The fourth-order valence-corrected chi connectivity index (χ4v) is 2.97. The largest absolute Gasteiger partial charge is 0.340 e. The highest BCUT2D eigenvalue weighted by molar-refractivity contribution is 7.98. The quantitative estimate of drug-likeness (QED) is 0.517. The Labute approximate surface area is 165 Å². The Kier molecular flexibility index (Phi) is 7.51. The molecule has 1 atom stereocenters. The smallest absolute Gasteiger partial charge is 0.270 e. The molecule has 2 aromatic carbocycles. The van der Waals surface area contributed by atoms with Gasteiger partial charge in [0.2, 0.25) is 5.91 Å². The molecule has 9 heteroatoms. The summed E-state index contributed by atoms with van der Waals surface area (Å²) in [6.07, 6.45) is 2.25. The Morgan fingerprint density at radius 3 is 2.64 bits per heavy atom. The summed E-state index contributed by atoms with van der Waals surface area (Å²) in [6, 6.07) is 8.44. The van der Waals surface area contributed by atoms with Crippen molar-refractivity contribution < 1.29 is 18.9 Å². The molecule has 2 N–H and O–H groups in total. The lowest BCUT2D eigenvalue weighted by Gasteiger charge is -2.19. The Balaban J connectivity index is 2.15. The van der Waals surface area contributed by atoms with Crippen molar-refractivity contribution >= 4 is 35.0 Å². The van der Waals surface area contributed by atoms with Crippen molar-refractivity contribution in [3.8, 4) is 0 Å². The SMILES string of the molecule is CSCC[C@@H](NC(=O)c1cccc([N+](=O)[O-])c1)C(=O)Nc1ccc(F)cc1C. The molecule has 0 saturated carbocycles. The van der Waals surface area contributed by atoms with Crippen LogP contribution >= 0.6 is 11.8 Å². The molecule has 0 aromatic heterocycles. The van der Waals surface area contributed by atoms with Crippen LogP contribution in [0.15, 0.2) is 42.5 Å². The maximum Gasteiger partial charge on any atom is 0.270 e. The second-order valence-corrected chi connectivity index (χ2v) is 7.05. The van der Waals surface area contributed by atoms with Gasteiger partial charge in [-0.05, 0) is 55.2 Å². The van der Waals surface area contributed by atoms with Crippen molar-refractivity contribution in [3.63, 3.8) is 0 Å². The van der Waals surface area contributed by atoms with E-state index in [0.717, 1.165) is 6.07 Å². The molecule has 148 valence electrons. The number of nitro benzene ring substituents is 1. The molecule has 0 spiro atoms. The zero-order valence-electron chi connectivity index (χ0n) is 15.4. The van der Waals surface area contributed by atoms with E-state index in [2.05, 4.69) is 10.6 Å². The van der Waals surface area contributed by atoms with Crippen molar-refractivity contribution in [2.75, 3.05) is 17.3 Å². The van der Waals surface area contributed by atoms with Crippen LogP contribution in [0.1, 0.15) is 22.3 Å². The van der Waals surface area contributed by atoms with Crippen LogP contribution in [0.3, 0.4) is 0 Å². The number of nitrogens with one attached hydrogen (secondary N) is 2. The van der Waals surface area contributed by atoms with Crippen LogP contribution in [0.2, 0.25) is 0 Å². The molecule has 0 aliphatic rings. The van der Waals surface area contributed by atoms with Crippen LogP contribution in [0.25, 0.3) is 0 Å². The third kappa shape index (κ3) is 5.78. The molecule has 2 aromatic rings. The van der Waals surface area contributed by atoms with E-state index in [4.69, 9.17) is 0 Å². The van der Waals surface area contributed by atoms with Gasteiger partial charge in [-0.15, -0.1) is 0 Å². The minimum atomic E-state index is -0.844. The van der Waals surface area contributed by atoms with Gasteiger partial charge in [-0.1, -0.05) is 6.07 Å². The Morgan fingerprint density at radius 2 is 2.00 bits per heavy atom. The summed E-state index contributed by atoms with van der Waals surface area (Å²) in [5.74, 6) is -0.813. The lowest BCUT2D eigenvalue weighted by Crippen LogP contribution is -2.44. The highest BCUT2D eigenvalue weighted by Crippen LogP contribution is 2.17. The molecule has 0 fully saturated rings. The number of thioether (sulfide) groups is 1. The van der Waals surface area contributed by atoms with E-state index < -0.39 is 28.6 Å². The Hall–Kier alpha value is -2.94. The van der Waals surface area contributed by atoms with Crippen molar-refractivity contribution in [2.24, 2.45) is 0 Å². The van der Waals surface area contributed by atoms with Crippen LogP contribution < -0.4 is 10.6 Å². The normalized spacial score (nSPS) is 11.5. The van der Waals surface area contributed by atoms with Gasteiger partial charge < -0.3 is 10.6 Å². The predicted molar refractivity (Wildman–Crippen MR) is 107 cm³/mol. The number of amides is 2. The van der Waals surface area contributed by atoms with E-state index in [1.54, 1.807) is 6.92 Å². The number of carbonyl (C=O) groups excluding carboxylic acids is 2. The maximum absolute atomic E-state index is 13.2. The second kappa shape index (κ2) is 9.84. The molecular weight excluding hydrogens is 385 g/mol. The average molecular weight is 405 g/mol. The zero-order chi connectivity index (χ0) is 20.7. The number of aryl methyl sites for hydroxylation is 1. The zero-order valence-corrected chi connectivity index (χ0v) is 16.2. The number of carbonyl (C=O) groups is 2. The molecule has 0 bridgehead atoms. The molecule has 0 heterocycles. The van der Waals surface area contributed by atoms with Crippen LogP contribution in [-0.2, 0) is 4.79 Å². The Bertz CT molecular complexity index is 891. The van der Waals surface area contributed by atoms with Crippen molar-refractivity contribution in [1.29, 1.82) is 0 Å². The van der Waals surface area contributed by atoms with E-state index >= 15 is 0 Å². The molecule has 7 nitrogen and oxygen atoms in total. The number of non-ortho nitro benzene ring substituents is 1. The van der Waals surface area contributed by atoms with Gasteiger partial charge >= 0.3 is 0 Å². The van der Waals surface area contributed by atoms with E-state index in [9.17, 15) is 24.1 Å². The monoisotopic (exact) mass is 405 g/mol. The first-order valence-electron chi connectivity index (χ1n) is 8.43. The lowest BCUT2D eigenvalue weighted by molar-refractivity contribution is -0.384. The number of benzene rings is 2. The summed E-state index contributed by atoms with van der Waals surface area (Å²) in [6.45, 7) is 1.66. The van der Waals surface area contributed by atoms with Gasteiger partial charge in [-0.2, -0.15) is 11.8 Å². The number of hydrogen-bond donors (Lipinski definition) is 2. The van der Waals surface area contributed by atoms with E-state index in [1.165, 1.54) is 48.2 Å². The third-order valence-corrected chi connectivity index (χ3v) is 4.64. The number of nitrogens with zero attached hydrogens (tertiary/aromatic N) is 1. The maximum atomic E-state index is 13.2. The fourth-order valence-electron chi connectivity index (χ4n) is 2.49. The van der Waals surface area contributed by atoms with Gasteiger partial charge in [0.15, 0.2) is 0 Å². The fraction of sp³-hybridized carbons (Fsp3) is 0.263. The molecule has 0 aliphatic heterocycles. The van der Waals surface area contributed by atoms with E-state index in [0.29, 0.717) is 23.4 Å². The number of hydrogen-bond acceptors (Lipinski definition) is 5. The summed E-state index contributed by atoms with van der Waals surface area (Å²) in [5.41, 5.74) is 0.890. The standard InChI is InChI=1S/C19H20FN3O4S/c1-12-10-14(20)6-7-16(12)21-19(25)17(8-9-28-2)22-18(24)13-4-3-5-15(11-13)23(26)27/h3-7,10-11,17H,8-9H2,1-2H3,(H,21,25)(H,22,24)/t17-/m1/s1. The van der Waals surface area contributed by atoms with Crippen LogP contribution in [-0.4, -0.2) is 34.8 Å². The summed E-state index contributed by atoms with van der Waals surface area (Å²) in [5, 5.41) is 16.2. The van der Waals surface area contributed by atoms with Crippen molar-refractivity contribution in [3.05, 3.63) is 69.5 Å². The van der Waals surface area contributed by atoms with Crippen molar-refractivity contribution in [1.82, 2.24) is 5.32 Å². The predicted octanol–water partition coefficient (Wildman–Crippen LogP) is 3.53. The third-order valence-electron chi connectivity index (χ3n) is 4.00. The first kappa shape index (κ1) is 21.4. The Morgan fingerprint density at radius 1 is 1.25 bits per heavy atom. The van der Waals surface area contributed by atoms with Gasteiger partial charge in [-0.3, -0.25) is 19.7 Å². The van der Waals surface area contributed by atoms with Crippen LogP contribution in [0, 0.1) is 22.9 Å². The highest BCUT2D eigenvalue weighted by atomic mass is 32.2. The van der Waals surface area contributed by atoms with Crippen molar-refractivity contribution in [2.45, 2.75) is 19.4 Å². The van der Waals surface area contributed by atoms with Gasteiger partial charge in [0.1, 0.15) is 11.9 Å². The van der Waals surface area contributed by atoms with Gasteiger partial charge in [0.25, 0.3) is 11.6 Å². The molecule has 0 aliphatic carbocycles. The highest BCUT2D eigenvalue weighted by Gasteiger charge is 2.22. The molecule has 0 radical (unpaired) electrons. The molecule has 2 amide bonds. The summed E-state index contributed by atoms with van der Waals surface area (Å²) < 4.78 is 13.2. The number of anilines is 1. The van der Waals surface area contributed by atoms with Crippen LogP contribution in [0.5, 0.6) is 0 Å². The molecule has 2 rings (SSSR count). The minimum absolute atomic E-state index is 0.0918. The van der Waals surface area contributed by atoms with E-state index in [1.807, 2.05) is 6.26 Å². The summed E-state index contributed by atoms with van der Waals surface area (Å²) >= 11 is 1.52. The number of nitro groups is 1. The first-order valence-corrected chi connectivity index (χ1v) is 9.82. The van der Waals surface area contributed by atoms with E-state index in [-0.39, 0.29) is 11.3 Å². The van der Waals surface area contributed by atoms with Crippen LogP contribution in [0.4, 0.5) is 15.8 Å². The van der Waals surface area contributed by atoms with Gasteiger partial charge in [-0.25, -0.2) is 4.39 Å². The van der Waals surface area contributed by atoms with Gasteiger partial charge in [0, 0.05) is 23.4 Å². The molecule has 0 unspecified atom stereocenters.